The molecule has 1 heterocycles. The van der Waals surface area contributed by atoms with E-state index in [0.717, 1.165) is 0 Å². The lowest BCUT2D eigenvalue weighted by Gasteiger charge is -2.23. The molecule has 1 atom stereocenters. The van der Waals surface area contributed by atoms with Crippen LogP contribution in [0.15, 0.2) is 34.9 Å². The maximum atomic E-state index is 11.7. The molecule has 1 unspecified atom stereocenters. The smallest absolute Gasteiger partial charge is 0.314 e. The zero-order valence-electron chi connectivity index (χ0n) is 11.7. The molecule has 0 saturated carbocycles. The summed E-state index contributed by atoms with van der Waals surface area (Å²) in [5, 5.41) is 13.4. The molecule has 1 N–H and O–H groups in total. The number of aliphatic carboxylic acids is 1. The molecule has 106 valence electrons. The molecule has 1 aromatic carbocycles. The van der Waals surface area contributed by atoms with Crippen LogP contribution in [0.4, 0.5) is 5.95 Å². The number of anilines is 1. The Bertz CT molecular complexity index is 595. The second kappa shape index (κ2) is 5.32. The minimum Gasteiger partial charge on any atom is -0.481 e. The predicted molar refractivity (Wildman–Crippen MR) is 73.8 cm³/mol. The third-order valence-corrected chi connectivity index (χ3v) is 3.25. The second-order valence-electron chi connectivity index (χ2n) is 5.06. The van der Waals surface area contributed by atoms with Crippen molar-refractivity contribution in [3.63, 3.8) is 0 Å². The van der Waals surface area contributed by atoms with Gasteiger partial charge in [-0.15, -0.1) is 0 Å². The Labute approximate surface area is 117 Å². The standard InChI is InChI=1S/C14H17N3O3/c1-14(12(18)19,10-7-5-4-6-8-10)9-11-15-13(16-20-11)17(2)3/h4-8H,9H2,1-3H3,(H,18,19). The first-order valence-corrected chi connectivity index (χ1v) is 6.22. The summed E-state index contributed by atoms with van der Waals surface area (Å²) >= 11 is 0. The van der Waals surface area contributed by atoms with Gasteiger partial charge in [0, 0.05) is 20.5 Å². The Balaban J connectivity index is 2.32. The summed E-state index contributed by atoms with van der Waals surface area (Å²) in [6, 6.07) is 9.06. The van der Waals surface area contributed by atoms with Crippen molar-refractivity contribution in [1.82, 2.24) is 10.1 Å². The molecule has 20 heavy (non-hydrogen) atoms. The van der Waals surface area contributed by atoms with Gasteiger partial charge in [-0.3, -0.25) is 4.79 Å². The molecule has 0 saturated heterocycles. The molecule has 0 aliphatic heterocycles. The topological polar surface area (TPSA) is 79.5 Å². The van der Waals surface area contributed by atoms with E-state index >= 15 is 0 Å². The van der Waals surface area contributed by atoms with Crippen molar-refractivity contribution in [3.8, 4) is 0 Å². The lowest BCUT2D eigenvalue weighted by molar-refractivity contribution is -0.143. The van der Waals surface area contributed by atoms with Crippen LogP contribution in [0.1, 0.15) is 18.4 Å². The number of aromatic nitrogens is 2. The lowest BCUT2D eigenvalue weighted by atomic mass is 9.79. The molecule has 1 aromatic heterocycles. The number of rotatable bonds is 5. The molecular weight excluding hydrogens is 258 g/mol. The van der Waals surface area contributed by atoms with Crippen LogP contribution < -0.4 is 4.90 Å². The van der Waals surface area contributed by atoms with E-state index in [2.05, 4.69) is 10.1 Å². The first-order valence-electron chi connectivity index (χ1n) is 6.22. The van der Waals surface area contributed by atoms with E-state index in [0.29, 0.717) is 17.4 Å². The van der Waals surface area contributed by atoms with Crippen molar-refractivity contribution < 1.29 is 14.4 Å². The van der Waals surface area contributed by atoms with Crippen LogP contribution in [0.5, 0.6) is 0 Å². The minimum absolute atomic E-state index is 0.146. The van der Waals surface area contributed by atoms with Gasteiger partial charge in [-0.1, -0.05) is 30.3 Å². The molecular formula is C14H17N3O3. The predicted octanol–water partition coefficient (Wildman–Crippen LogP) is 1.72. The Hall–Kier alpha value is -2.37. The van der Waals surface area contributed by atoms with Crippen molar-refractivity contribution >= 4 is 11.9 Å². The van der Waals surface area contributed by atoms with E-state index in [-0.39, 0.29) is 6.42 Å². The Morgan fingerprint density at radius 1 is 1.35 bits per heavy atom. The number of carboxylic acid groups (broad SMARTS) is 1. The number of hydrogen-bond donors (Lipinski definition) is 1. The average molecular weight is 275 g/mol. The third-order valence-electron chi connectivity index (χ3n) is 3.25. The number of carbonyl (C=O) groups is 1. The van der Waals surface area contributed by atoms with Gasteiger partial charge in [-0.2, -0.15) is 4.98 Å². The van der Waals surface area contributed by atoms with Gasteiger partial charge in [0.15, 0.2) is 0 Å². The second-order valence-corrected chi connectivity index (χ2v) is 5.06. The highest BCUT2D eigenvalue weighted by atomic mass is 16.5. The third kappa shape index (κ3) is 2.64. The maximum absolute atomic E-state index is 11.7. The summed E-state index contributed by atoms with van der Waals surface area (Å²) in [6.07, 6.45) is 0.146. The van der Waals surface area contributed by atoms with E-state index in [1.165, 1.54) is 0 Å². The zero-order chi connectivity index (χ0) is 14.8. The quantitative estimate of drug-likeness (QED) is 0.895. The summed E-state index contributed by atoms with van der Waals surface area (Å²) in [5.74, 6) is -0.184. The van der Waals surface area contributed by atoms with Crippen molar-refractivity contribution in [2.75, 3.05) is 19.0 Å². The average Bonchev–Trinajstić information content (AvgIpc) is 2.88. The molecule has 6 nitrogen and oxygen atoms in total. The molecule has 0 radical (unpaired) electrons. The maximum Gasteiger partial charge on any atom is 0.314 e. The van der Waals surface area contributed by atoms with Crippen molar-refractivity contribution in [2.45, 2.75) is 18.8 Å². The number of carboxylic acids is 1. The van der Waals surface area contributed by atoms with Gasteiger partial charge in [0.05, 0.1) is 5.41 Å². The van der Waals surface area contributed by atoms with E-state index in [9.17, 15) is 9.90 Å². The van der Waals surface area contributed by atoms with Gasteiger partial charge >= 0.3 is 5.97 Å². The zero-order valence-corrected chi connectivity index (χ0v) is 11.7. The SMILES string of the molecule is CN(C)c1noc(CC(C)(C(=O)O)c2ccccc2)n1. The lowest BCUT2D eigenvalue weighted by Crippen LogP contribution is -2.35. The van der Waals surface area contributed by atoms with Crippen molar-refractivity contribution in [2.24, 2.45) is 0 Å². The normalized spacial score (nSPS) is 13.8. The summed E-state index contributed by atoms with van der Waals surface area (Å²) < 4.78 is 5.13. The Kier molecular flexibility index (Phi) is 3.74. The van der Waals surface area contributed by atoms with E-state index in [1.807, 2.05) is 18.2 Å². The van der Waals surface area contributed by atoms with Gasteiger partial charge in [0.2, 0.25) is 5.89 Å². The van der Waals surface area contributed by atoms with Crippen LogP contribution in [0, 0.1) is 0 Å². The fourth-order valence-corrected chi connectivity index (χ4v) is 1.91. The summed E-state index contributed by atoms with van der Waals surface area (Å²) in [5.41, 5.74) is -0.394. The summed E-state index contributed by atoms with van der Waals surface area (Å²) in [7, 11) is 3.59. The molecule has 2 rings (SSSR count). The first-order chi connectivity index (χ1) is 9.43. The molecule has 0 fully saturated rings. The van der Waals surface area contributed by atoms with Gasteiger partial charge in [-0.25, -0.2) is 0 Å². The largest absolute Gasteiger partial charge is 0.481 e. The molecule has 0 aliphatic rings. The van der Waals surface area contributed by atoms with Gasteiger partial charge < -0.3 is 14.5 Å². The number of hydrogen-bond acceptors (Lipinski definition) is 5. The van der Waals surface area contributed by atoms with Crippen molar-refractivity contribution in [1.29, 1.82) is 0 Å². The van der Waals surface area contributed by atoms with Crippen molar-refractivity contribution in [3.05, 3.63) is 41.8 Å². The molecule has 0 amide bonds. The molecule has 2 aromatic rings. The fraction of sp³-hybridized carbons (Fsp3) is 0.357. The summed E-state index contributed by atoms with van der Waals surface area (Å²) in [6.45, 7) is 1.66. The van der Waals surface area contributed by atoms with Crippen LogP contribution >= 0.6 is 0 Å². The van der Waals surface area contributed by atoms with Gasteiger partial charge in [0.1, 0.15) is 0 Å². The van der Waals surface area contributed by atoms with Crippen LogP contribution in [0.3, 0.4) is 0 Å². The van der Waals surface area contributed by atoms with Gasteiger partial charge in [0.25, 0.3) is 5.95 Å². The Morgan fingerprint density at radius 2 is 2.00 bits per heavy atom. The van der Waals surface area contributed by atoms with E-state index in [1.54, 1.807) is 38.1 Å². The van der Waals surface area contributed by atoms with Crippen LogP contribution in [0.2, 0.25) is 0 Å². The highest BCUT2D eigenvalue weighted by Gasteiger charge is 2.37. The van der Waals surface area contributed by atoms with Gasteiger partial charge in [-0.05, 0) is 17.6 Å². The fourth-order valence-electron chi connectivity index (χ4n) is 1.91. The van der Waals surface area contributed by atoms with Crippen LogP contribution in [0.25, 0.3) is 0 Å². The van der Waals surface area contributed by atoms with E-state index < -0.39 is 11.4 Å². The minimum atomic E-state index is -1.10. The number of nitrogens with zero attached hydrogens (tertiary/aromatic N) is 3. The highest BCUT2D eigenvalue weighted by Crippen LogP contribution is 2.28. The molecule has 0 spiro atoms. The summed E-state index contributed by atoms with van der Waals surface area (Å²) in [4.78, 5) is 17.6. The number of benzene rings is 1. The Morgan fingerprint density at radius 3 is 2.50 bits per heavy atom. The molecule has 6 heteroatoms. The van der Waals surface area contributed by atoms with E-state index in [4.69, 9.17) is 4.52 Å². The highest BCUT2D eigenvalue weighted by molar-refractivity contribution is 5.81. The molecule has 0 bridgehead atoms. The molecule has 0 aliphatic carbocycles. The first kappa shape index (κ1) is 14.0. The monoisotopic (exact) mass is 275 g/mol. The van der Waals surface area contributed by atoms with Crippen LogP contribution in [-0.2, 0) is 16.6 Å². The van der Waals surface area contributed by atoms with Crippen LogP contribution in [-0.4, -0.2) is 35.3 Å².